The zero-order valence-corrected chi connectivity index (χ0v) is 21.2. The molecule has 0 fully saturated rings. The molecule has 0 bridgehead atoms. The summed E-state index contributed by atoms with van der Waals surface area (Å²) in [5, 5.41) is 5.22. The van der Waals surface area contributed by atoms with Crippen LogP contribution >= 0.6 is 0 Å². The van der Waals surface area contributed by atoms with E-state index in [9.17, 15) is 14.4 Å². The van der Waals surface area contributed by atoms with Crippen molar-refractivity contribution in [3.63, 3.8) is 0 Å². The molecule has 2 aromatic carbocycles. The quantitative estimate of drug-likeness (QED) is 0.409. The second kappa shape index (κ2) is 11.7. The van der Waals surface area contributed by atoms with E-state index in [1.165, 1.54) is 14.2 Å². The maximum absolute atomic E-state index is 13.2. The fraction of sp³-hybridized carbons (Fsp3) is 0.296. The highest BCUT2D eigenvalue weighted by atomic mass is 16.7. The van der Waals surface area contributed by atoms with E-state index in [0.29, 0.717) is 16.9 Å². The van der Waals surface area contributed by atoms with Crippen molar-refractivity contribution in [1.29, 1.82) is 0 Å². The van der Waals surface area contributed by atoms with E-state index in [-0.39, 0.29) is 5.70 Å². The first-order valence-electron chi connectivity index (χ1n) is 11.3. The number of nitrogens with zero attached hydrogens (tertiary/aromatic N) is 1. The van der Waals surface area contributed by atoms with E-state index in [2.05, 4.69) is 10.6 Å². The maximum Gasteiger partial charge on any atom is 0.360 e. The Balaban J connectivity index is 1.86. The molecule has 0 radical (unpaired) electrons. The molecule has 1 heterocycles. The second-order valence-corrected chi connectivity index (χ2v) is 8.43. The lowest BCUT2D eigenvalue weighted by molar-refractivity contribution is -0.148. The van der Waals surface area contributed by atoms with Gasteiger partial charge < -0.3 is 29.7 Å². The normalized spacial score (nSPS) is 15.5. The van der Waals surface area contributed by atoms with Crippen molar-refractivity contribution < 1.29 is 28.6 Å². The Morgan fingerprint density at radius 2 is 1.56 bits per heavy atom. The number of benzene rings is 2. The Morgan fingerprint density at radius 3 is 2.11 bits per heavy atom. The van der Waals surface area contributed by atoms with E-state index in [0.717, 1.165) is 16.8 Å². The third-order valence-electron chi connectivity index (χ3n) is 5.86. The van der Waals surface area contributed by atoms with Gasteiger partial charge in [-0.3, -0.25) is 9.59 Å². The van der Waals surface area contributed by atoms with Crippen LogP contribution in [0.1, 0.15) is 29.8 Å². The van der Waals surface area contributed by atoms with E-state index in [1.54, 1.807) is 37.3 Å². The molecule has 0 saturated heterocycles. The van der Waals surface area contributed by atoms with Crippen LogP contribution in [0.4, 0.5) is 5.69 Å². The lowest BCUT2D eigenvalue weighted by Gasteiger charge is -2.25. The van der Waals surface area contributed by atoms with Crippen LogP contribution in [0.15, 0.2) is 71.6 Å². The number of carbonyl (C=O) groups excluding carboxylic acids is 3. The van der Waals surface area contributed by atoms with Gasteiger partial charge in [-0.15, -0.1) is 0 Å². The van der Waals surface area contributed by atoms with Gasteiger partial charge in [-0.25, -0.2) is 4.79 Å². The van der Waals surface area contributed by atoms with Gasteiger partial charge in [0.05, 0.1) is 0 Å². The molecular weight excluding hydrogens is 462 g/mol. The summed E-state index contributed by atoms with van der Waals surface area (Å²) in [4.78, 5) is 40.6. The highest BCUT2D eigenvalue weighted by molar-refractivity contribution is 6.02. The summed E-state index contributed by atoms with van der Waals surface area (Å²) in [7, 11) is 6.61. The zero-order chi connectivity index (χ0) is 26.4. The average Bonchev–Trinajstić information content (AvgIpc) is 3.17. The third-order valence-corrected chi connectivity index (χ3v) is 5.86. The Kier molecular flexibility index (Phi) is 8.63. The molecule has 9 nitrogen and oxygen atoms in total. The van der Waals surface area contributed by atoms with Gasteiger partial charge in [0.15, 0.2) is 12.3 Å². The van der Waals surface area contributed by atoms with Crippen LogP contribution in [0, 0.1) is 0 Å². The van der Waals surface area contributed by atoms with Gasteiger partial charge >= 0.3 is 5.97 Å². The molecule has 0 spiro atoms. The number of ether oxygens (including phenoxy) is 3. The first-order valence-corrected chi connectivity index (χ1v) is 11.3. The predicted molar refractivity (Wildman–Crippen MR) is 136 cm³/mol. The van der Waals surface area contributed by atoms with Crippen molar-refractivity contribution >= 4 is 29.0 Å². The fourth-order valence-electron chi connectivity index (χ4n) is 3.77. The molecule has 190 valence electrons. The molecule has 1 aliphatic heterocycles. The summed E-state index contributed by atoms with van der Waals surface area (Å²) in [6, 6.07) is 15.0. The van der Waals surface area contributed by atoms with Gasteiger partial charge in [0.25, 0.3) is 11.8 Å². The molecule has 2 N–H and O–H groups in total. The van der Waals surface area contributed by atoms with E-state index in [1.807, 2.05) is 50.2 Å². The van der Waals surface area contributed by atoms with Crippen molar-refractivity contribution in [1.82, 2.24) is 10.6 Å². The minimum absolute atomic E-state index is 0.0100. The number of nitrogens with one attached hydrogen (secondary N) is 2. The molecule has 2 amide bonds. The molecule has 0 aliphatic carbocycles. The molecular formula is C27H31N3O6. The number of methoxy groups -OCH3 is 2. The fourth-order valence-corrected chi connectivity index (χ4v) is 3.77. The van der Waals surface area contributed by atoms with Crippen molar-refractivity contribution in [2.45, 2.75) is 26.2 Å². The van der Waals surface area contributed by atoms with Crippen molar-refractivity contribution in [3.8, 4) is 0 Å². The van der Waals surface area contributed by atoms with Gasteiger partial charge in [0.2, 0.25) is 0 Å². The minimum Gasteiger partial charge on any atom is -0.421 e. The highest BCUT2D eigenvalue weighted by Gasteiger charge is 2.36. The van der Waals surface area contributed by atoms with Gasteiger partial charge in [-0.2, -0.15) is 0 Å². The summed E-state index contributed by atoms with van der Waals surface area (Å²) in [6.45, 7) is 3.53. The summed E-state index contributed by atoms with van der Waals surface area (Å²) in [6.07, 6.45) is -1.09. The molecule has 36 heavy (non-hydrogen) atoms. The highest BCUT2D eigenvalue weighted by Crippen LogP contribution is 2.32. The Morgan fingerprint density at radius 1 is 0.944 bits per heavy atom. The van der Waals surface area contributed by atoms with Crippen LogP contribution in [-0.4, -0.2) is 58.4 Å². The number of amides is 2. The van der Waals surface area contributed by atoms with E-state index in [4.69, 9.17) is 14.2 Å². The summed E-state index contributed by atoms with van der Waals surface area (Å²) in [5.74, 6) is -1.51. The Bertz CT molecular complexity index is 1180. The van der Waals surface area contributed by atoms with Crippen molar-refractivity contribution in [2.24, 2.45) is 0 Å². The number of esters is 1. The standard InChI is InChI=1S/C27H31N3O6/c1-16(18-12-14-20(15-13-18)30(3)4)23-17(2)21(26(33)36-23)28-25(32)22(27(34-5)35-6)29-24(31)19-10-8-7-9-11-19/h7-15,22,27H,1-6H3,(H,28,32)(H,29,31)/b23-16-/t22-/m0/s1. The van der Waals surface area contributed by atoms with E-state index >= 15 is 0 Å². The van der Waals surface area contributed by atoms with Crippen molar-refractivity contribution in [2.75, 3.05) is 33.2 Å². The lowest BCUT2D eigenvalue weighted by Crippen LogP contribution is -2.54. The molecule has 0 saturated carbocycles. The minimum atomic E-state index is -1.24. The smallest absolute Gasteiger partial charge is 0.360 e. The first kappa shape index (κ1) is 26.7. The molecule has 0 unspecified atom stereocenters. The van der Waals surface area contributed by atoms with Crippen LogP contribution in [0.5, 0.6) is 0 Å². The number of cyclic esters (lactones) is 1. The SMILES string of the molecule is COC(OC)[C@@H](NC(=O)c1ccccc1)C(=O)NC1=C(C)/C(=C(\C)c2ccc(N(C)C)cc2)OC1=O. The Hall–Kier alpha value is -3.95. The number of carbonyl (C=O) groups is 3. The largest absolute Gasteiger partial charge is 0.421 e. The number of hydrogen-bond donors (Lipinski definition) is 2. The molecule has 2 aromatic rings. The van der Waals surface area contributed by atoms with Gasteiger partial charge in [0, 0.05) is 45.1 Å². The summed E-state index contributed by atoms with van der Waals surface area (Å²) in [5.41, 5.74) is 3.48. The zero-order valence-electron chi connectivity index (χ0n) is 21.2. The topological polar surface area (TPSA) is 106 Å². The van der Waals surface area contributed by atoms with Gasteiger partial charge in [-0.05, 0) is 49.2 Å². The molecule has 9 heteroatoms. The van der Waals surface area contributed by atoms with Crippen LogP contribution in [0.25, 0.3) is 5.57 Å². The monoisotopic (exact) mass is 493 g/mol. The van der Waals surface area contributed by atoms with Gasteiger partial charge in [-0.1, -0.05) is 30.3 Å². The second-order valence-electron chi connectivity index (χ2n) is 8.43. The number of hydrogen-bond acceptors (Lipinski definition) is 7. The summed E-state index contributed by atoms with van der Waals surface area (Å²) >= 11 is 0. The third kappa shape index (κ3) is 5.81. The molecule has 0 aromatic heterocycles. The Labute approximate surface area is 210 Å². The lowest BCUT2D eigenvalue weighted by atomic mass is 10.0. The molecule has 3 rings (SSSR count). The number of rotatable bonds is 9. The predicted octanol–water partition coefficient (Wildman–Crippen LogP) is 2.85. The maximum atomic E-state index is 13.2. The molecule has 1 aliphatic rings. The number of anilines is 1. The summed E-state index contributed by atoms with van der Waals surface area (Å²) < 4.78 is 16.0. The molecule has 1 atom stereocenters. The van der Waals surface area contributed by atoms with Crippen LogP contribution in [-0.2, 0) is 23.8 Å². The van der Waals surface area contributed by atoms with Crippen molar-refractivity contribution in [3.05, 3.63) is 82.8 Å². The average molecular weight is 494 g/mol. The van der Waals surface area contributed by atoms with Crippen LogP contribution < -0.4 is 15.5 Å². The van der Waals surface area contributed by atoms with Gasteiger partial charge in [0.1, 0.15) is 11.5 Å². The van der Waals surface area contributed by atoms with Crippen LogP contribution in [0.2, 0.25) is 0 Å². The van der Waals surface area contributed by atoms with Crippen LogP contribution in [0.3, 0.4) is 0 Å². The first-order chi connectivity index (χ1) is 17.2. The van der Waals surface area contributed by atoms with E-state index < -0.39 is 30.1 Å². The number of allylic oxidation sites excluding steroid dienone is 2.